The fraction of sp³-hybridized carbons (Fsp3) is 0.333. The highest BCUT2D eigenvalue weighted by molar-refractivity contribution is 5.89. The Morgan fingerprint density at radius 3 is 2.64 bits per heavy atom. The van der Waals surface area contributed by atoms with E-state index in [1.807, 2.05) is 12.1 Å². The van der Waals surface area contributed by atoms with Crippen molar-refractivity contribution in [1.29, 1.82) is 0 Å². The molecule has 0 bridgehead atoms. The first-order valence-electron chi connectivity index (χ1n) is 8.83. The van der Waals surface area contributed by atoms with Crippen LogP contribution >= 0.6 is 0 Å². The van der Waals surface area contributed by atoms with Crippen molar-refractivity contribution in [3.8, 4) is 0 Å². The van der Waals surface area contributed by atoms with Crippen LogP contribution in [-0.4, -0.2) is 17.0 Å². The molecule has 0 spiro atoms. The molecule has 130 valence electrons. The standard InChI is InChI=1S/C21H23NO3/c23-20(14-13-16-9-2-5-11-18(16)21(24)25)22-19-12-6-3-8-15-7-1-4-10-17(15)19/h1-2,4-5,7,9-11,19H,3,6,8,12-14H2,(H,22,23)(H,24,25). The maximum atomic E-state index is 12.4. The predicted molar refractivity (Wildman–Crippen MR) is 96.6 cm³/mol. The van der Waals surface area contributed by atoms with Crippen LogP contribution in [0.15, 0.2) is 48.5 Å². The Hall–Kier alpha value is -2.62. The van der Waals surface area contributed by atoms with E-state index in [1.54, 1.807) is 24.3 Å². The summed E-state index contributed by atoms with van der Waals surface area (Å²) in [5.41, 5.74) is 3.52. The summed E-state index contributed by atoms with van der Waals surface area (Å²) in [5.74, 6) is -0.976. The van der Waals surface area contributed by atoms with Gasteiger partial charge in [0.25, 0.3) is 0 Å². The van der Waals surface area contributed by atoms with Gasteiger partial charge in [0.2, 0.25) is 5.91 Å². The molecule has 0 radical (unpaired) electrons. The number of benzene rings is 2. The number of carboxylic acid groups (broad SMARTS) is 1. The van der Waals surface area contributed by atoms with E-state index in [9.17, 15) is 14.7 Å². The molecule has 4 nitrogen and oxygen atoms in total. The average molecular weight is 337 g/mol. The van der Waals surface area contributed by atoms with Crippen molar-refractivity contribution < 1.29 is 14.7 Å². The number of hydrogen-bond acceptors (Lipinski definition) is 2. The summed E-state index contributed by atoms with van der Waals surface area (Å²) >= 11 is 0. The first-order chi connectivity index (χ1) is 12.1. The van der Waals surface area contributed by atoms with Crippen LogP contribution in [0.4, 0.5) is 0 Å². The van der Waals surface area contributed by atoms with Gasteiger partial charge in [0, 0.05) is 6.42 Å². The summed E-state index contributed by atoms with van der Waals surface area (Å²) < 4.78 is 0. The molecule has 0 fully saturated rings. The second-order valence-electron chi connectivity index (χ2n) is 6.53. The van der Waals surface area contributed by atoms with Crippen LogP contribution in [0.25, 0.3) is 0 Å². The molecule has 1 aliphatic carbocycles. The van der Waals surface area contributed by atoms with Crippen molar-refractivity contribution in [2.24, 2.45) is 0 Å². The third kappa shape index (κ3) is 4.27. The maximum Gasteiger partial charge on any atom is 0.335 e. The number of hydrogen-bond donors (Lipinski definition) is 2. The van der Waals surface area contributed by atoms with Crippen molar-refractivity contribution in [3.63, 3.8) is 0 Å². The number of carbonyl (C=O) groups is 2. The lowest BCUT2D eigenvalue weighted by Crippen LogP contribution is -2.29. The van der Waals surface area contributed by atoms with Crippen LogP contribution in [0.5, 0.6) is 0 Å². The van der Waals surface area contributed by atoms with Crippen LogP contribution in [-0.2, 0) is 17.6 Å². The number of aromatic carboxylic acids is 1. The van der Waals surface area contributed by atoms with Crippen molar-refractivity contribution >= 4 is 11.9 Å². The van der Waals surface area contributed by atoms with E-state index < -0.39 is 5.97 Å². The van der Waals surface area contributed by atoms with E-state index in [0.29, 0.717) is 18.4 Å². The van der Waals surface area contributed by atoms with Gasteiger partial charge in [-0.05, 0) is 48.4 Å². The van der Waals surface area contributed by atoms with Gasteiger partial charge in [-0.25, -0.2) is 4.79 Å². The highest BCUT2D eigenvalue weighted by atomic mass is 16.4. The number of nitrogens with one attached hydrogen (secondary N) is 1. The van der Waals surface area contributed by atoms with E-state index in [0.717, 1.165) is 25.7 Å². The van der Waals surface area contributed by atoms with Crippen molar-refractivity contribution in [1.82, 2.24) is 5.32 Å². The summed E-state index contributed by atoms with van der Waals surface area (Å²) in [6, 6.07) is 15.2. The minimum Gasteiger partial charge on any atom is -0.478 e. The highest BCUT2D eigenvalue weighted by Gasteiger charge is 2.20. The molecule has 1 aliphatic rings. The van der Waals surface area contributed by atoms with Gasteiger partial charge in [0.05, 0.1) is 11.6 Å². The zero-order chi connectivity index (χ0) is 17.6. The fourth-order valence-corrected chi connectivity index (χ4v) is 3.53. The Labute approximate surface area is 147 Å². The Balaban J connectivity index is 1.65. The molecular weight excluding hydrogens is 314 g/mol. The second kappa shape index (κ2) is 7.97. The summed E-state index contributed by atoms with van der Waals surface area (Å²) in [6.45, 7) is 0. The van der Waals surface area contributed by atoms with Gasteiger partial charge < -0.3 is 10.4 Å². The van der Waals surface area contributed by atoms with Crippen molar-refractivity contribution in [3.05, 3.63) is 70.8 Å². The van der Waals surface area contributed by atoms with E-state index in [4.69, 9.17) is 0 Å². The third-order valence-electron chi connectivity index (χ3n) is 4.82. The molecule has 0 saturated carbocycles. The number of rotatable bonds is 5. The first-order valence-corrected chi connectivity index (χ1v) is 8.83. The number of amides is 1. The van der Waals surface area contributed by atoms with Crippen LogP contribution in [0.3, 0.4) is 0 Å². The predicted octanol–water partition coefficient (Wildman–Crippen LogP) is 3.90. The fourth-order valence-electron chi connectivity index (χ4n) is 3.53. The van der Waals surface area contributed by atoms with Gasteiger partial charge in [0.15, 0.2) is 0 Å². The van der Waals surface area contributed by atoms with Crippen LogP contribution < -0.4 is 5.32 Å². The Bertz CT molecular complexity index is 769. The maximum absolute atomic E-state index is 12.4. The van der Waals surface area contributed by atoms with E-state index in [1.165, 1.54) is 11.1 Å². The molecule has 4 heteroatoms. The van der Waals surface area contributed by atoms with Gasteiger partial charge in [-0.15, -0.1) is 0 Å². The number of aryl methyl sites for hydroxylation is 2. The smallest absolute Gasteiger partial charge is 0.335 e. The quantitative estimate of drug-likeness (QED) is 0.813. The third-order valence-corrected chi connectivity index (χ3v) is 4.82. The van der Waals surface area contributed by atoms with Crippen molar-refractivity contribution in [2.45, 2.75) is 44.6 Å². The molecule has 2 aromatic rings. The first kappa shape index (κ1) is 17.2. The van der Waals surface area contributed by atoms with Crippen LogP contribution in [0.2, 0.25) is 0 Å². The Morgan fingerprint density at radius 2 is 1.80 bits per heavy atom. The van der Waals surface area contributed by atoms with Gasteiger partial charge in [-0.3, -0.25) is 4.79 Å². The Morgan fingerprint density at radius 1 is 1.04 bits per heavy atom. The molecule has 0 saturated heterocycles. The van der Waals surface area contributed by atoms with Gasteiger partial charge in [-0.1, -0.05) is 48.9 Å². The number of fused-ring (bicyclic) bond motifs is 1. The van der Waals surface area contributed by atoms with E-state index in [-0.39, 0.29) is 17.5 Å². The normalized spacial score (nSPS) is 16.6. The molecule has 0 aliphatic heterocycles. The van der Waals surface area contributed by atoms with Gasteiger partial charge in [-0.2, -0.15) is 0 Å². The zero-order valence-corrected chi connectivity index (χ0v) is 14.2. The molecule has 0 aromatic heterocycles. The molecule has 3 rings (SSSR count). The van der Waals surface area contributed by atoms with Crippen molar-refractivity contribution in [2.75, 3.05) is 0 Å². The lowest BCUT2D eigenvalue weighted by Gasteiger charge is -2.19. The lowest BCUT2D eigenvalue weighted by atomic mass is 9.98. The van der Waals surface area contributed by atoms with Crippen LogP contribution in [0, 0.1) is 0 Å². The SMILES string of the molecule is O=C(CCc1ccccc1C(=O)O)NC1CCCCc2ccccc21. The lowest BCUT2D eigenvalue weighted by molar-refractivity contribution is -0.121. The second-order valence-corrected chi connectivity index (χ2v) is 6.53. The number of carbonyl (C=O) groups excluding carboxylic acids is 1. The minimum absolute atomic E-state index is 0.0260. The average Bonchev–Trinajstić information content (AvgIpc) is 2.83. The van der Waals surface area contributed by atoms with Crippen LogP contribution in [0.1, 0.15) is 58.8 Å². The Kier molecular flexibility index (Phi) is 5.49. The molecule has 25 heavy (non-hydrogen) atoms. The largest absolute Gasteiger partial charge is 0.478 e. The van der Waals surface area contributed by atoms with E-state index in [2.05, 4.69) is 17.4 Å². The molecule has 0 heterocycles. The zero-order valence-electron chi connectivity index (χ0n) is 14.2. The molecule has 2 N–H and O–H groups in total. The summed E-state index contributed by atoms with van der Waals surface area (Å²) in [7, 11) is 0. The molecule has 2 aromatic carbocycles. The highest BCUT2D eigenvalue weighted by Crippen LogP contribution is 2.28. The van der Waals surface area contributed by atoms with Gasteiger partial charge >= 0.3 is 5.97 Å². The summed E-state index contributed by atoms with van der Waals surface area (Å²) in [4.78, 5) is 23.7. The monoisotopic (exact) mass is 337 g/mol. The molecule has 1 atom stereocenters. The molecule has 1 amide bonds. The molecule has 1 unspecified atom stereocenters. The van der Waals surface area contributed by atoms with Gasteiger partial charge in [0.1, 0.15) is 0 Å². The minimum atomic E-state index is -0.950. The van der Waals surface area contributed by atoms with E-state index >= 15 is 0 Å². The number of carboxylic acids is 1. The summed E-state index contributed by atoms with van der Waals surface area (Å²) in [5, 5.41) is 12.4. The summed E-state index contributed by atoms with van der Waals surface area (Å²) in [6.07, 6.45) is 4.99. The topological polar surface area (TPSA) is 66.4 Å². The molecular formula is C21H23NO3.